The molecule has 0 aromatic heterocycles. The number of rotatable bonds is 1. The Hall–Kier alpha value is -0.890. The Labute approximate surface area is 157 Å². The lowest BCUT2D eigenvalue weighted by atomic mass is 9.48. The van der Waals surface area contributed by atoms with Crippen LogP contribution in [0, 0.1) is 40.9 Å². The van der Waals surface area contributed by atoms with E-state index in [0.717, 1.165) is 42.4 Å². The average Bonchev–Trinajstić information content (AvgIpc) is 3.29. The molecule has 8 unspecified atom stereocenters. The van der Waals surface area contributed by atoms with Gasteiger partial charge >= 0.3 is 0 Å². The van der Waals surface area contributed by atoms with Crippen molar-refractivity contribution in [3.05, 3.63) is 23.8 Å². The van der Waals surface area contributed by atoms with E-state index in [2.05, 4.69) is 26.0 Å². The molecule has 0 aromatic carbocycles. The summed E-state index contributed by atoms with van der Waals surface area (Å²) in [6.45, 7) is 4.66. The van der Waals surface area contributed by atoms with Gasteiger partial charge in [-0.25, -0.2) is 0 Å². The molecule has 1 aliphatic heterocycles. The highest BCUT2D eigenvalue weighted by Crippen LogP contribution is 2.78. The van der Waals surface area contributed by atoms with Crippen molar-refractivity contribution in [2.24, 2.45) is 40.9 Å². The number of ketones is 1. The lowest BCUT2D eigenvalue weighted by Gasteiger charge is -2.58. The molecule has 4 saturated carbocycles. The van der Waals surface area contributed by atoms with Crippen molar-refractivity contribution < 1.29 is 9.53 Å². The van der Waals surface area contributed by atoms with Crippen molar-refractivity contribution >= 4 is 5.78 Å². The molecule has 0 radical (unpaired) electrons. The van der Waals surface area contributed by atoms with Crippen LogP contribution >= 0.6 is 0 Å². The van der Waals surface area contributed by atoms with Crippen molar-refractivity contribution in [1.29, 1.82) is 0 Å². The molecule has 140 valence electrons. The van der Waals surface area contributed by atoms with Gasteiger partial charge in [0.25, 0.3) is 0 Å². The zero-order chi connectivity index (χ0) is 17.7. The zero-order valence-corrected chi connectivity index (χ0v) is 16.2. The van der Waals surface area contributed by atoms with Crippen LogP contribution in [0.2, 0.25) is 0 Å². The lowest BCUT2D eigenvalue weighted by Crippen LogP contribution is -2.56. The van der Waals surface area contributed by atoms with Gasteiger partial charge in [-0.3, -0.25) is 4.79 Å². The van der Waals surface area contributed by atoms with Crippen LogP contribution in [-0.4, -0.2) is 17.5 Å². The molecule has 0 aromatic rings. The minimum atomic E-state index is 0.0557. The normalized spacial score (nSPS) is 56.6. The first-order chi connectivity index (χ1) is 12.6. The molecular weight excluding hydrogens is 320 g/mol. The zero-order valence-electron chi connectivity index (χ0n) is 16.2. The van der Waals surface area contributed by atoms with E-state index < -0.39 is 0 Å². The van der Waals surface area contributed by atoms with E-state index in [1.165, 1.54) is 44.1 Å². The Morgan fingerprint density at radius 3 is 2.81 bits per heavy atom. The lowest BCUT2D eigenvalue weighted by molar-refractivity contribution is -0.157. The van der Waals surface area contributed by atoms with Crippen molar-refractivity contribution in [1.82, 2.24) is 0 Å². The molecule has 5 aliphatic carbocycles. The van der Waals surface area contributed by atoms with Crippen LogP contribution in [0.4, 0.5) is 0 Å². The molecule has 0 amide bonds. The maximum absolute atomic E-state index is 11.9. The molecule has 1 heterocycles. The van der Waals surface area contributed by atoms with Crippen LogP contribution < -0.4 is 0 Å². The topological polar surface area (TPSA) is 26.3 Å². The van der Waals surface area contributed by atoms with Gasteiger partial charge in [0.2, 0.25) is 0 Å². The predicted octanol–water partition coefficient (Wildman–Crippen LogP) is 5.09. The fourth-order valence-corrected chi connectivity index (χ4v) is 8.83. The third-order valence-electron chi connectivity index (χ3n) is 9.64. The first-order valence-electron chi connectivity index (χ1n) is 11.2. The average molecular weight is 353 g/mol. The van der Waals surface area contributed by atoms with Crippen molar-refractivity contribution in [2.75, 3.05) is 0 Å². The summed E-state index contributed by atoms with van der Waals surface area (Å²) in [4.78, 5) is 11.9. The minimum Gasteiger partial charge on any atom is -0.363 e. The van der Waals surface area contributed by atoms with Gasteiger partial charge in [-0.15, -0.1) is 0 Å². The fraction of sp³-hybridized carbons (Fsp3) is 0.792. The number of hydrogen-bond acceptors (Lipinski definition) is 2. The number of carbonyl (C=O) groups excluding carboxylic acids is 1. The van der Waals surface area contributed by atoms with Crippen molar-refractivity contribution in [3.8, 4) is 0 Å². The van der Waals surface area contributed by atoms with Gasteiger partial charge in [0.15, 0.2) is 5.78 Å². The molecule has 4 fully saturated rings. The highest BCUT2D eigenvalue weighted by molar-refractivity contribution is 5.91. The molecule has 6 aliphatic rings. The number of hydrogen-bond donors (Lipinski definition) is 0. The van der Waals surface area contributed by atoms with Crippen molar-refractivity contribution in [3.63, 3.8) is 0 Å². The molecule has 0 bridgehead atoms. The van der Waals surface area contributed by atoms with Crippen LogP contribution in [0.15, 0.2) is 23.8 Å². The standard InChI is InChI=1S/C24H32O2/c1-3-23-10-9-18-17-7-5-16(25)12-15(17)4-6-19(18)22(23)20-13-21(20)24(23)11-8-14(2)26-24/h8,11-12,14,17-22H,3-7,9-10,13H2,1-2H3/t14?,17?,18?,19?,20?,21?,22?,23?,24-/m0/s1. The monoisotopic (exact) mass is 352 g/mol. The van der Waals surface area contributed by atoms with Crippen LogP contribution in [0.5, 0.6) is 0 Å². The molecule has 9 atom stereocenters. The van der Waals surface area contributed by atoms with Gasteiger partial charge in [0.05, 0.1) is 11.7 Å². The highest BCUT2D eigenvalue weighted by atomic mass is 16.5. The van der Waals surface area contributed by atoms with Gasteiger partial charge in [-0.1, -0.05) is 24.6 Å². The van der Waals surface area contributed by atoms with Crippen LogP contribution in [-0.2, 0) is 9.53 Å². The first kappa shape index (κ1) is 16.1. The highest BCUT2D eigenvalue weighted by Gasteiger charge is 2.77. The van der Waals surface area contributed by atoms with E-state index >= 15 is 0 Å². The summed E-state index contributed by atoms with van der Waals surface area (Å²) in [5.74, 6) is 5.38. The third-order valence-corrected chi connectivity index (χ3v) is 9.64. The SMILES string of the molecule is CCC12CCC3C4CCC(=O)C=C4CCC3C1C1CC1[C@@]21C=CC(C)O1. The summed E-state index contributed by atoms with van der Waals surface area (Å²) >= 11 is 0. The Balaban J connectivity index is 1.39. The number of fused-ring (bicyclic) bond motifs is 9. The van der Waals surface area contributed by atoms with E-state index in [1.807, 2.05) is 6.08 Å². The maximum Gasteiger partial charge on any atom is 0.155 e. The summed E-state index contributed by atoms with van der Waals surface area (Å²) in [5.41, 5.74) is 1.95. The molecule has 1 spiro atoms. The molecular formula is C24H32O2. The second-order valence-electron chi connectivity index (χ2n) is 10.3. The Bertz CT molecular complexity index is 720. The summed E-state index contributed by atoms with van der Waals surface area (Å²) in [6.07, 6.45) is 17.0. The number of carbonyl (C=O) groups is 1. The van der Waals surface area contributed by atoms with E-state index in [9.17, 15) is 4.79 Å². The maximum atomic E-state index is 11.9. The summed E-state index contributed by atoms with van der Waals surface area (Å²) in [6, 6.07) is 0. The smallest absolute Gasteiger partial charge is 0.155 e. The fourth-order valence-electron chi connectivity index (χ4n) is 8.83. The van der Waals surface area contributed by atoms with Gasteiger partial charge in [-0.05, 0) is 93.5 Å². The van der Waals surface area contributed by atoms with Gasteiger partial charge in [0, 0.05) is 11.8 Å². The Kier molecular flexibility index (Phi) is 3.18. The minimum absolute atomic E-state index is 0.0557. The molecule has 2 nitrogen and oxygen atoms in total. The summed E-state index contributed by atoms with van der Waals surface area (Å²) < 4.78 is 6.76. The predicted molar refractivity (Wildman–Crippen MR) is 101 cm³/mol. The molecule has 2 heteroatoms. The molecule has 0 saturated heterocycles. The second kappa shape index (κ2) is 5.13. The van der Waals surface area contributed by atoms with Crippen LogP contribution in [0.1, 0.15) is 65.2 Å². The summed E-state index contributed by atoms with van der Waals surface area (Å²) in [7, 11) is 0. The van der Waals surface area contributed by atoms with Gasteiger partial charge in [0.1, 0.15) is 0 Å². The third kappa shape index (κ3) is 1.76. The second-order valence-corrected chi connectivity index (χ2v) is 10.3. The summed E-state index contributed by atoms with van der Waals surface area (Å²) in [5, 5.41) is 0. The molecule has 26 heavy (non-hydrogen) atoms. The molecule has 6 rings (SSSR count). The number of allylic oxidation sites excluding steroid dienone is 1. The molecule has 0 N–H and O–H groups in total. The van der Waals surface area contributed by atoms with E-state index in [0.29, 0.717) is 23.2 Å². The van der Waals surface area contributed by atoms with E-state index in [4.69, 9.17) is 4.74 Å². The van der Waals surface area contributed by atoms with Gasteiger partial charge in [-0.2, -0.15) is 0 Å². The largest absolute Gasteiger partial charge is 0.363 e. The quantitative estimate of drug-likeness (QED) is 0.615. The van der Waals surface area contributed by atoms with E-state index in [1.54, 1.807) is 0 Å². The van der Waals surface area contributed by atoms with Crippen molar-refractivity contribution in [2.45, 2.75) is 76.9 Å². The first-order valence-corrected chi connectivity index (χ1v) is 11.2. The Morgan fingerprint density at radius 2 is 2.04 bits per heavy atom. The number of ether oxygens (including phenoxy) is 1. The van der Waals surface area contributed by atoms with Crippen LogP contribution in [0.25, 0.3) is 0 Å². The Morgan fingerprint density at radius 1 is 1.15 bits per heavy atom. The van der Waals surface area contributed by atoms with Crippen LogP contribution in [0.3, 0.4) is 0 Å². The van der Waals surface area contributed by atoms with E-state index in [-0.39, 0.29) is 5.60 Å². The van der Waals surface area contributed by atoms with Gasteiger partial charge < -0.3 is 4.74 Å².